The predicted molar refractivity (Wildman–Crippen MR) is 68.6 cm³/mol. The summed E-state index contributed by atoms with van der Waals surface area (Å²) in [5, 5.41) is 3.54. The van der Waals surface area contributed by atoms with Crippen LogP contribution in [-0.2, 0) is 0 Å². The van der Waals surface area contributed by atoms with E-state index in [1.807, 2.05) is 12.4 Å². The highest BCUT2D eigenvalue weighted by molar-refractivity contribution is 5.47. The number of hydrogen-bond donors (Lipinski definition) is 1. The number of nitrogens with one attached hydrogen (secondary N) is 1. The van der Waals surface area contributed by atoms with Gasteiger partial charge in [0.25, 0.3) is 0 Å². The second kappa shape index (κ2) is 5.33. The Labute approximate surface area is 98.5 Å². The second-order valence-electron chi connectivity index (χ2n) is 5.21. The third kappa shape index (κ3) is 2.97. The summed E-state index contributed by atoms with van der Waals surface area (Å²) in [5.41, 5.74) is 2.49. The third-order valence-corrected chi connectivity index (χ3v) is 3.67. The Morgan fingerprint density at radius 3 is 3.06 bits per heavy atom. The molecule has 1 saturated carbocycles. The average Bonchev–Trinajstić information content (AvgIpc) is 2.28. The molecular formula is C14H22N2. The van der Waals surface area contributed by atoms with Crippen LogP contribution in [0.4, 0.5) is 5.69 Å². The molecule has 0 bridgehead atoms. The molecule has 0 spiro atoms. The fourth-order valence-electron chi connectivity index (χ4n) is 2.65. The largest absolute Gasteiger partial charge is 0.383 e. The van der Waals surface area contributed by atoms with E-state index >= 15 is 0 Å². The number of rotatable bonds is 3. The fourth-order valence-corrected chi connectivity index (χ4v) is 2.65. The minimum Gasteiger partial charge on any atom is -0.383 e. The molecule has 1 fully saturated rings. The van der Waals surface area contributed by atoms with E-state index in [-0.39, 0.29) is 0 Å². The van der Waals surface area contributed by atoms with Gasteiger partial charge in [0.1, 0.15) is 0 Å². The van der Waals surface area contributed by atoms with Gasteiger partial charge >= 0.3 is 0 Å². The number of aromatic nitrogens is 1. The number of anilines is 1. The monoisotopic (exact) mass is 218 g/mol. The minimum absolute atomic E-state index is 0.850. The SMILES string of the molecule is Cc1ccncc1NCC1CCCC(C)C1. The van der Waals surface area contributed by atoms with E-state index < -0.39 is 0 Å². The molecule has 2 nitrogen and oxygen atoms in total. The van der Waals surface area contributed by atoms with E-state index in [2.05, 4.69) is 30.2 Å². The lowest BCUT2D eigenvalue weighted by molar-refractivity contribution is 0.293. The lowest BCUT2D eigenvalue weighted by atomic mass is 9.82. The van der Waals surface area contributed by atoms with Crippen molar-refractivity contribution in [3.05, 3.63) is 24.0 Å². The van der Waals surface area contributed by atoms with Crippen LogP contribution >= 0.6 is 0 Å². The molecule has 0 amide bonds. The summed E-state index contributed by atoms with van der Waals surface area (Å²) < 4.78 is 0. The number of hydrogen-bond acceptors (Lipinski definition) is 2. The van der Waals surface area contributed by atoms with Crippen LogP contribution in [0, 0.1) is 18.8 Å². The molecule has 1 aliphatic carbocycles. The van der Waals surface area contributed by atoms with Crippen LogP contribution in [-0.4, -0.2) is 11.5 Å². The first-order valence-corrected chi connectivity index (χ1v) is 6.40. The molecule has 0 aromatic carbocycles. The van der Waals surface area contributed by atoms with E-state index in [1.54, 1.807) is 0 Å². The summed E-state index contributed by atoms with van der Waals surface area (Å²) in [6, 6.07) is 2.06. The molecular weight excluding hydrogens is 196 g/mol. The molecule has 16 heavy (non-hydrogen) atoms. The van der Waals surface area contributed by atoms with E-state index in [9.17, 15) is 0 Å². The molecule has 2 heteroatoms. The average molecular weight is 218 g/mol. The molecule has 2 atom stereocenters. The second-order valence-corrected chi connectivity index (χ2v) is 5.21. The van der Waals surface area contributed by atoms with Crippen molar-refractivity contribution in [3.63, 3.8) is 0 Å². The summed E-state index contributed by atoms with van der Waals surface area (Å²) in [4.78, 5) is 4.16. The summed E-state index contributed by atoms with van der Waals surface area (Å²) in [6.45, 7) is 5.62. The van der Waals surface area contributed by atoms with Crippen molar-refractivity contribution in [3.8, 4) is 0 Å². The van der Waals surface area contributed by atoms with Crippen molar-refractivity contribution >= 4 is 5.69 Å². The Balaban J connectivity index is 1.85. The zero-order valence-corrected chi connectivity index (χ0v) is 10.4. The Kier molecular flexibility index (Phi) is 3.81. The van der Waals surface area contributed by atoms with E-state index in [0.717, 1.165) is 18.4 Å². The van der Waals surface area contributed by atoms with Crippen molar-refractivity contribution in [2.45, 2.75) is 39.5 Å². The first-order chi connectivity index (χ1) is 7.75. The van der Waals surface area contributed by atoms with Crippen LogP contribution in [0.2, 0.25) is 0 Å². The summed E-state index contributed by atoms with van der Waals surface area (Å²) in [6.07, 6.45) is 9.37. The molecule has 2 rings (SSSR count). The quantitative estimate of drug-likeness (QED) is 0.838. The normalized spacial score (nSPS) is 25.4. The standard InChI is InChI=1S/C14H22N2/c1-11-4-3-5-13(8-11)9-16-14-10-15-7-6-12(14)2/h6-7,10-11,13,16H,3-5,8-9H2,1-2H3. The smallest absolute Gasteiger partial charge is 0.0556 e. The summed E-state index contributed by atoms with van der Waals surface area (Å²) in [7, 11) is 0. The molecule has 1 aromatic rings. The fraction of sp³-hybridized carbons (Fsp3) is 0.643. The maximum atomic E-state index is 4.16. The van der Waals surface area contributed by atoms with Gasteiger partial charge < -0.3 is 5.32 Å². The highest BCUT2D eigenvalue weighted by Crippen LogP contribution is 2.28. The molecule has 0 aliphatic heterocycles. The molecule has 0 saturated heterocycles. The zero-order chi connectivity index (χ0) is 11.4. The predicted octanol–water partition coefficient (Wildman–Crippen LogP) is 3.63. The molecule has 2 unspecified atom stereocenters. The molecule has 0 radical (unpaired) electrons. The first-order valence-electron chi connectivity index (χ1n) is 6.40. The highest BCUT2D eigenvalue weighted by atomic mass is 14.9. The Morgan fingerprint density at radius 2 is 2.31 bits per heavy atom. The van der Waals surface area contributed by atoms with E-state index in [1.165, 1.54) is 36.9 Å². The van der Waals surface area contributed by atoms with Crippen LogP contribution < -0.4 is 5.32 Å². The lowest BCUT2D eigenvalue weighted by Crippen LogP contribution is -2.21. The van der Waals surface area contributed by atoms with Gasteiger partial charge in [-0.15, -0.1) is 0 Å². The van der Waals surface area contributed by atoms with Gasteiger partial charge in [0.15, 0.2) is 0 Å². The number of pyridine rings is 1. The number of nitrogens with zero attached hydrogens (tertiary/aromatic N) is 1. The van der Waals surface area contributed by atoms with Gasteiger partial charge in [-0.2, -0.15) is 0 Å². The first kappa shape index (κ1) is 11.4. The maximum absolute atomic E-state index is 4.16. The van der Waals surface area contributed by atoms with Crippen molar-refractivity contribution < 1.29 is 0 Å². The van der Waals surface area contributed by atoms with Gasteiger partial charge in [0.05, 0.1) is 11.9 Å². The molecule has 1 heterocycles. The van der Waals surface area contributed by atoms with Gasteiger partial charge in [-0.25, -0.2) is 0 Å². The molecule has 88 valence electrons. The Morgan fingerprint density at radius 1 is 1.44 bits per heavy atom. The van der Waals surface area contributed by atoms with Gasteiger partial charge in [-0.1, -0.05) is 19.8 Å². The van der Waals surface area contributed by atoms with Gasteiger partial charge in [-0.05, 0) is 43.2 Å². The maximum Gasteiger partial charge on any atom is 0.0556 e. The van der Waals surface area contributed by atoms with Gasteiger partial charge in [0, 0.05) is 12.7 Å². The van der Waals surface area contributed by atoms with Crippen LogP contribution in [0.5, 0.6) is 0 Å². The third-order valence-electron chi connectivity index (χ3n) is 3.67. The van der Waals surface area contributed by atoms with Crippen molar-refractivity contribution in [2.75, 3.05) is 11.9 Å². The van der Waals surface area contributed by atoms with Crippen LogP contribution in [0.25, 0.3) is 0 Å². The van der Waals surface area contributed by atoms with Crippen LogP contribution in [0.15, 0.2) is 18.5 Å². The van der Waals surface area contributed by atoms with Gasteiger partial charge in [-0.3, -0.25) is 4.98 Å². The van der Waals surface area contributed by atoms with Crippen LogP contribution in [0.3, 0.4) is 0 Å². The van der Waals surface area contributed by atoms with Crippen molar-refractivity contribution in [1.82, 2.24) is 4.98 Å². The Bertz CT molecular complexity index is 335. The van der Waals surface area contributed by atoms with E-state index in [4.69, 9.17) is 0 Å². The van der Waals surface area contributed by atoms with Crippen molar-refractivity contribution in [2.24, 2.45) is 11.8 Å². The van der Waals surface area contributed by atoms with Gasteiger partial charge in [0.2, 0.25) is 0 Å². The summed E-state index contributed by atoms with van der Waals surface area (Å²) >= 11 is 0. The zero-order valence-electron chi connectivity index (χ0n) is 10.4. The molecule has 1 aliphatic rings. The number of aryl methyl sites for hydroxylation is 1. The van der Waals surface area contributed by atoms with E-state index in [0.29, 0.717) is 0 Å². The summed E-state index contributed by atoms with van der Waals surface area (Å²) in [5.74, 6) is 1.76. The molecule has 1 N–H and O–H groups in total. The molecule has 1 aromatic heterocycles. The highest BCUT2D eigenvalue weighted by Gasteiger charge is 2.18. The minimum atomic E-state index is 0.850. The topological polar surface area (TPSA) is 24.9 Å². The van der Waals surface area contributed by atoms with Crippen LogP contribution in [0.1, 0.15) is 38.2 Å². The Hall–Kier alpha value is -1.05. The van der Waals surface area contributed by atoms with Crippen molar-refractivity contribution in [1.29, 1.82) is 0 Å². The lowest BCUT2D eigenvalue weighted by Gasteiger charge is -2.27.